The third-order valence-electron chi connectivity index (χ3n) is 8.50. The van der Waals surface area contributed by atoms with Crippen LogP contribution in [0.15, 0.2) is 102 Å². The highest BCUT2D eigenvalue weighted by Crippen LogP contribution is 2.31. The van der Waals surface area contributed by atoms with Gasteiger partial charge in [-0.3, -0.25) is 4.98 Å². The molecule has 2 aromatic heterocycles. The molecule has 10 heteroatoms. The molecule has 0 aliphatic heterocycles. The number of aromatic carboxylic acids is 3. The first kappa shape index (κ1) is 38.4. The number of carbonyl (C=O) groups is 3. The maximum Gasteiger partial charge on any atom is 0.335 e. The minimum absolute atomic E-state index is 0.176. The molecular weight excluding hydrogens is 660 g/mol. The van der Waals surface area contributed by atoms with Crippen molar-refractivity contribution in [3.8, 4) is 33.4 Å². The van der Waals surface area contributed by atoms with Crippen LogP contribution in [-0.4, -0.2) is 48.5 Å². The Balaban J connectivity index is 0.000000175. The lowest BCUT2D eigenvalue weighted by atomic mass is 9.95. The molecule has 0 aliphatic rings. The van der Waals surface area contributed by atoms with Crippen LogP contribution < -0.4 is 0 Å². The van der Waals surface area contributed by atoms with Gasteiger partial charge in [0.2, 0.25) is 0 Å². The molecule has 0 unspecified atom stereocenters. The first-order valence-electron chi connectivity index (χ1n) is 16.3. The van der Waals surface area contributed by atoms with Gasteiger partial charge in [-0.2, -0.15) is 0 Å². The standard InChI is InChI=1S/C15H14O3.C14H13NO2.C13H13NO3/c1-10-4-2-3-5-13(10)14-7-6-11(15(17)18)8-12(14)9-16;1-9-8-11(14(16)17)5-6-12(9)13-4-3-7-15-10(13)2;1-7-6-10(13(15)16)4-5-11(7)12-8(2)14-17-9(12)3/h2-8,16H,9H2,1H3,(H,17,18);3-8H,1-2H3,(H,16,17);4-6H,1-3H3,(H,15,16). The van der Waals surface area contributed by atoms with Crippen LogP contribution in [0.1, 0.15) is 70.5 Å². The van der Waals surface area contributed by atoms with Gasteiger partial charge in [0.05, 0.1) is 29.0 Å². The third kappa shape index (κ3) is 9.04. The summed E-state index contributed by atoms with van der Waals surface area (Å²) in [6.07, 6.45) is 1.75. The first-order chi connectivity index (χ1) is 24.7. The summed E-state index contributed by atoms with van der Waals surface area (Å²) >= 11 is 0. The Bertz CT molecular complexity index is 2230. The van der Waals surface area contributed by atoms with Crippen LogP contribution in [-0.2, 0) is 6.61 Å². The number of aliphatic hydroxyl groups is 1. The number of hydrogen-bond donors (Lipinski definition) is 4. The summed E-state index contributed by atoms with van der Waals surface area (Å²) in [5.41, 5.74) is 12.0. The number of aliphatic hydroxyl groups excluding tert-OH is 1. The van der Waals surface area contributed by atoms with Crippen LogP contribution >= 0.6 is 0 Å². The van der Waals surface area contributed by atoms with E-state index >= 15 is 0 Å². The van der Waals surface area contributed by atoms with Crippen molar-refractivity contribution < 1.29 is 39.3 Å². The van der Waals surface area contributed by atoms with Gasteiger partial charge in [0.15, 0.2) is 0 Å². The fourth-order valence-electron chi connectivity index (χ4n) is 5.81. The Kier molecular flexibility index (Phi) is 12.6. The zero-order chi connectivity index (χ0) is 38.1. The smallest absolute Gasteiger partial charge is 0.335 e. The van der Waals surface area contributed by atoms with Gasteiger partial charge < -0.3 is 24.9 Å². The maximum absolute atomic E-state index is 10.9. The molecule has 0 aliphatic carbocycles. The van der Waals surface area contributed by atoms with E-state index in [1.807, 2.05) is 84.0 Å². The summed E-state index contributed by atoms with van der Waals surface area (Å²) in [7, 11) is 0. The third-order valence-corrected chi connectivity index (χ3v) is 8.50. The van der Waals surface area contributed by atoms with E-state index in [1.165, 1.54) is 6.07 Å². The van der Waals surface area contributed by atoms with E-state index in [1.54, 1.807) is 48.7 Å². The largest absolute Gasteiger partial charge is 0.478 e. The molecule has 0 radical (unpaired) electrons. The highest BCUT2D eigenvalue weighted by Gasteiger charge is 2.15. The molecule has 10 nitrogen and oxygen atoms in total. The van der Waals surface area contributed by atoms with Crippen molar-refractivity contribution in [1.82, 2.24) is 10.1 Å². The molecule has 0 atom stereocenters. The van der Waals surface area contributed by atoms with Crippen LogP contribution in [0.3, 0.4) is 0 Å². The Morgan fingerprint density at radius 2 is 1.06 bits per heavy atom. The molecular formula is C42H40N2O8. The average molecular weight is 701 g/mol. The van der Waals surface area contributed by atoms with Crippen LogP contribution in [0.25, 0.3) is 33.4 Å². The molecule has 0 fully saturated rings. The quantitative estimate of drug-likeness (QED) is 0.126. The summed E-state index contributed by atoms with van der Waals surface area (Å²) in [5, 5.41) is 40.0. The Morgan fingerprint density at radius 1 is 0.558 bits per heavy atom. The van der Waals surface area contributed by atoms with Crippen LogP contribution in [0.4, 0.5) is 0 Å². The monoisotopic (exact) mass is 700 g/mol. The van der Waals surface area contributed by atoms with E-state index < -0.39 is 17.9 Å². The molecule has 266 valence electrons. The SMILES string of the molecule is Cc1cc(C(=O)O)ccc1-c1c(C)noc1C.Cc1cc(C(=O)O)ccc1-c1cccnc1C.Cc1ccccc1-c1ccc(C(=O)O)cc1CO. The lowest BCUT2D eigenvalue weighted by Crippen LogP contribution is -1.99. The van der Waals surface area contributed by atoms with Gasteiger partial charge in [-0.05, 0) is 129 Å². The second-order valence-electron chi connectivity index (χ2n) is 12.2. The second kappa shape index (κ2) is 17.0. The Hall–Kier alpha value is -6.39. The van der Waals surface area contributed by atoms with Crippen molar-refractivity contribution in [3.63, 3.8) is 0 Å². The highest BCUT2D eigenvalue weighted by atomic mass is 16.5. The minimum atomic E-state index is -0.985. The van der Waals surface area contributed by atoms with Crippen molar-refractivity contribution in [1.29, 1.82) is 0 Å². The predicted molar refractivity (Wildman–Crippen MR) is 199 cm³/mol. The first-order valence-corrected chi connectivity index (χ1v) is 16.3. The normalized spacial score (nSPS) is 10.4. The molecule has 6 aromatic rings. The number of hydrogen-bond acceptors (Lipinski definition) is 7. The predicted octanol–water partition coefficient (Wildman–Crippen LogP) is 8.88. The number of rotatable bonds is 7. The lowest BCUT2D eigenvalue weighted by Gasteiger charge is -2.11. The van der Waals surface area contributed by atoms with Gasteiger partial charge in [-0.1, -0.05) is 53.7 Å². The zero-order valence-electron chi connectivity index (χ0n) is 29.8. The molecule has 4 aromatic carbocycles. The summed E-state index contributed by atoms with van der Waals surface area (Å²) < 4.78 is 5.12. The lowest BCUT2D eigenvalue weighted by molar-refractivity contribution is 0.0686. The summed E-state index contributed by atoms with van der Waals surface area (Å²) in [6.45, 7) is 11.3. The van der Waals surface area contributed by atoms with Crippen molar-refractivity contribution in [3.05, 3.63) is 153 Å². The molecule has 52 heavy (non-hydrogen) atoms. The van der Waals surface area contributed by atoms with Gasteiger partial charge in [-0.15, -0.1) is 0 Å². The van der Waals surface area contributed by atoms with Gasteiger partial charge in [0.1, 0.15) is 5.76 Å². The van der Waals surface area contributed by atoms with E-state index in [4.69, 9.17) is 19.8 Å². The number of nitrogens with zero attached hydrogens (tertiary/aromatic N) is 2. The fourth-order valence-corrected chi connectivity index (χ4v) is 5.81. The number of pyridine rings is 1. The van der Waals surface area contributed by atoms with Crippen LogP contribution in [0.5, 0.6) is 0 Å². The summed E-state index contributed by atoms with van der Waals surface area (Å²) in [4.78, 5) is 36.8. The van der Waals surface area contributed by atoms with Gasteiger partial charge >= 0.3 is 17.9 Å². The zero-order valence-corrected chi connectivity index (χ0v) is 29.8. The van der Waals surface area contributed by atoms with E-state index in [2.05, 4.69) is 10.1 Å². The molecule has 0 amide bonds. The van der Waals surface area contributed by atoms with Crippen LogP contribution in [0, 0.1) is 41.5 Å². The number of aryl methyl sites for hydroxylation is 6. The molecule has 0 spiro atoms. The van der Waals surface area contributed by atoms with Crippen LogP contribution in [0.2, 0.25) is 0 Å². The molecule has 6 rings (SSSR count). The van der Waals surface area contributed by atoms with Gasteiger partial charge in [0.25, 0.3) is 0 Å². The molecule has 4 N–H and O–H groups in total. The van der Waals surface area contributed by atoms with Crippen molar-refractivity contribution in [2.45, 2.75) is 48.1 Å². The minimum Gasteiger partial charge on any atom is -0.478 e. The molecule has 0 saturated heterocycles. The molecule has 0 bridgehead atoms. The van der Waals surface area contributed by atoms with Gasteiger partial charge in [0, 0.05) is 23.0 Å². The Morgan fingerprint density at radius 3 is 1.54 bits per heavy atom. The van der Waals surface area contributed by atoms with Crippen molar-refractivity contribution in [2.24, 2.45) is 0 Å². The van der Waals surface area contributed by atoms with E-state index in [-0.39, 0.29) is 17.7 Å². The average Bonchev–Trinajstić information content (AvgIpc) is 3.45. The van der Waals surface area contributed by atoms with E-state index in [0.717, 1.165) is 67.2 Å². The number of carboxylic acids is 3. The summed E-state index contributed by atoms with van der Waals surface area (Å²) in [5.74, 6) is -2.06. The molecule has 0 saturated carbocycles. The summed E-state index contributed by atoms with van der Waals surface area (Å²) in [6, 6.07) is 26.7. The van der Waals surface area contributed by atoms with Crippen molar-refractivity contribution >= 4 is 17.9 Å². The highest BCUT2D eigenvalue weighted by molar-refractivity contribution is 5.90. The second-order valence-corrected chi connectivity index (χ2v) is 12.2. The fraction of sp³-hybridized carbons (Fsp3) is 0.167. The number of aromatic nitrogens is 2. The number of carboxylic acid groups (broad SMARTS) is 3. The van der Waals surface area contributed by atoms with E-state index in [9.17, 15) is 19.5 Å². The van der Waals surface area contributed by atoms with E-state index in [0.29, 0.717) is 11.1 Å². The van der Waals surface area contributed by atoms with Crippen molar-refractivity contribution in [2.75, 3.05) is 0 Å². The maximum atomic E-state index is 10.9. The topological polar surface area (TPSA) is 171 Å². The number of benzene rings is 4. The van der Waals surface area contributed by atoms with Gasteiger partial charge in [-0.25, -0.2) is 14.4 Å². The molecule has 2 heterocycles. The Labute approximate surface area is 301 Å².